The van der Waals surface area contributed by atoms with E-state index in [-0.39, 0.29) is 0 Å². The summed E-state index contributed by atoms with van der Waals surface area (Å²) >= 11 is 9.58. The monoisotopic (exact) mass is 301 g/mol. The Balaban J connectivity index is 2.60. The first kappa shape index (κ1) is 11.9. The topological polar surface area (TPSA) is 26.0 Å². The average Bonchev–Trinajstić information content (AvgIpc) is 2.58. The zero-order valence-electron chi connectivity index (χ0n) is 9.47. The number of hydrogen-bond donors (Lipinski definition) is 0. The van der Waals surface area contributed by atoms with Crippen LogP contribution in [0.15, 0.2) is 15.0 Å². The molecule has 1 heterocycles. The van der Waals surface area contributed by atoms with Crippen molar-refractivity contribution in [3.8, 4) is 0 Å². The predicted molar refractivity (Wildman–Crippen MR) is 70.0 cm³/mol. The van der Waals surface area contributed by atoms with E-state index in [1.807, 2.05) is 13.0 Å². The van der Waals surface area contributed by atoms with Crippen LogP contribution < -0.4 is 0 Å². The smallest absolute Gasteiger partial charge is 0.195 e. The molecule has 0 aliphatic rings. The molecule has 0 aliphatic heterocycles. The summed E-state index contributed by atoms with van der Waals surface area (Å²) in [5, 5.41) is 0.606. The van der Waals surface area contributed by atoms with Gasteiger partial charge in [-0.05, 0) is 24.5 Å². The Morgan fingerprint density at radius 3 is 2.81 bits per heavy atom. The number of rotatable bonds is 2. The molecule has 0 unspecified atom stereocenters. The van der Waals surface area contributed by atoms with Crippen molar-refractivity contribution in [2.75, 3.05) is 0 Å². The van der Waals surface area contributed by atoms with Crippen LogP contribution in [0.5, 0.6) is 0 Å². The van der Waals surface area contributed by atoms with Gasteiger partial charge in [0.15, 0.2) is 11.5 Å². The summed E-state index contributed by atoms with van der Waals surface area (Å²) in [7, 11) is 0. The number of halogens is 2. The molecule has 0 aliphatic carbocycles. The highest BCUT2D eigenvalue weighted by atomic mass is 79.9. The highest BCUT2D eigenvalue weighted by Gasteiger charge is 2.14. The van der Waals surface area contributed by atoms with Crippen molar-refractivity contribution in [2.24, 2.45) is 5.92 Å². The van der Waals surface area contributed by atoms with Gasteiger partial charge in [-0.25, -0.2) is 4.98 Å². The van der Waals surface area contributed by atoms with Gasteiger partial charge < -0.3 is 4.42 Å². The number of fused-ring (bicyclic) bond motifs is 1. The van der Waals surface area contributed by atoms with Crippen molar-refractivity contribution in [1.29, 1.82) is 0 Å². The van der Waals surface area contributed by atoms with E-state index in [1.165, 1.54) is 0 Å². The summed E-state index contributed by atoms with van der Waals surface area (Å²) in [6, 6.07) is 1.85. The molecule has 86 valence electrons. The first-order valence-electron chi connectivity index (χ1n) is 5.23. The second-order valence-corrected chi connectivity index (χ2v) is 5.61. The van der Waals surface area contributed by atoms with Gasteiger partial charge in [0.2, 0.25) is 0 Å². The minimum atomic E-state index is 0.524. The number of nitrogens with zero attached hydrogens (tertiary/aromatic N) is 1. The number of oxazole rings is 1. The molecule has 2 aromatic rings. The zero-order valence-corrected chi connectivity index (χ0v) is 11.8. The second-order valence-electron chi connectivity index (χ2n) is 4.35. The van der Waals surface area contributed by atoms with Crippen LogP contribution in [0.4, 0.5) is 0 Å². The summed E-state index contributed by atoms with van der Waals surface area (Å²) in [5.74, 6) is 1.28. The van der Waals surface area contributed by atoms with Gasteiger partial charge in [0.05, 0.1) is 5.02 Å². The molecule has 1 aromatic heterocycles. The fourth-order valence-corrected chi connectivity index (χ4v) is 2.40. The molecule has 2 rings (SSSR count). The van der Waals surface area contributed by atoms with Gasteiger partial charge in [0.1, 0.15) is 5.52 Å². The van der Waals surface area contributed by atoms with E-state index < -0.39 is 0 Å². The zero-order chi connectivity index (χ0) is 11.9. The van der Waals surface area contributed by atoms with Crippen molar-refractivity contribution in [1.82, 2.24) is 4.98 Å². The Hall–Kier alpha value is -0.540. The molecule has 1 aromatic carbocycles. The van der Waals surface area contributed by atoms with Crippen LogP contribution in [0, 0.1) is 12.8 Å². The number of hydrogen-bond acceptors (Lipinski definition) is 2. The molecular formula is C12H13BrClNO. The van der Waals surface area contributed by atoms with Crippen molar-refractivity contribution in [3.63, 3.8) is 0 Å². The van der Waals surface area contributed by atoms with Gasteiger partial charge in [-0.2, -0.15) is 0 Å². The van der Waals surface area contributed by atoms with Crippen LogP contribution in [-0.2, 0) is 6.42 Å². The van der Waals surface area contributed by atoms with Crippen molar-refractivity contribution in [2.45, 2.75) is 27.2 Å². The average molecular weight is 303 g/mol. The van der Waals surface area contributed by atoms with Crippen molar-refractivity contribution in [3.05, 3.63) is 27.0 Å². The van der Waals surface area contributed by atoms with Gasteiger partial charge in [-0.3, -0.25) is 0 Å². The summed E-state index contributed by atoms with van der Waals surface area (Å²) in [4.78, 5) is 4.49. The number of aryl methyl sites for hydroxylation is 1. The third kappa shape index (κ3) is 2.11. The van der Waals surface area contributed by atoms with Crippen LogP contribution in [-0.4, -0.2) is 4.98 Å². The highest BCUT2D eigenvalue weighted by molar-refractivity contribution is 9.10. The molecule has 0 saturated heterocycles. The Labute approximate surface area is 108 Å². The molecule has 0 amide bonds. The minimum absolute atomic E-state index is 0.524. The summed E-state index contributed by atoms with van der Waals surface area (Å²) in [6.45, 7) is 6.28. The maximum Gasteiger partial charge on any atom is 0.195 e. The fourth-order valence-electron chi connectivity index (χ4n) is 1.62. The Kier molecular flexibility index (Phi) is 3.27. The number of benzene rings is 1. The van der Waals surface area contributed by atoms with Crippen molar-refractivity contribution >= 4 is 38.6 Å². The SMILES string of the molecule is Cc1c(Br)cc(Cl)c2oc(CC(C)C)nc12. The molecule has 0 saturated carbocycles. The lowest BCUT2D eigenvalue weighted by atomic mass is 10.1. The van der Waals surface area contributed by atoms with E-state index in [1.54, 1.807) is 0 Å². The van der Waals surface area contributed by atoms with E-state index in [9.17, 15) is 0 Å². The van der Waals surface area contributed by atoms with Gasteiger partial charge >= 0.3 is 0 Å². The maximum absolute atomic E-state index is 6.12. The molecule has 0 N–H and O–H groups in total. The van der Waals surface area contributed by atoms with Crippen LogP contribution in [0.2, 0.25) is 5.02 Å². The van der Waals surface area contributed by atoms with E-state index in [0.29, 0.717) is 16.5 Å². The van der Waals surface area contributed by atoms with Gasteiger partial charge in [0, 0.05) is 10.9 Å². The first-order chi connectivity index (χ1) is 7.49. The quantitative estimate of drug-likeness (QED) is 0.800. The Bertz CT molecular complexity index is 533. The van der Waals surface area contributed by atoms with Crippen molar-refractivity contribution < 1.29 is 4.42 Å². The lowest BCUT2D eigenvalue weighted by Crippen LogP contribution is -1.93. The molecule has 2 nitrogen and oxygen atoms in total. The summed E-state index contributed by atoms with van der Waals surface area (Å²) in [5.41, 5.74) is 2.62. The summed E-state index contributed by atoms with van der Waals surface area (Å²) < 4.78 is 6.65. The highest BCUT2D eigenvalue weighted by Crippen LogP contribution is 2.32. The molecule has 0 atom stereocenters. The van der Waals surface area contributed by atoms with Crippen LogP contribution >= 0.6 is 27.5 Å². The van der Waals surface area contributed by atoms with Crippen LogP contribution in [0.1, 0.15) is 25.3 Å². The largest absolute Gasteiger partial charge is 0.439 e. The van der Waals surface area contributed by atoms with Crippen LogP contribution in [0.3, 0.4) is 0 Å². The molecule has 0 bridgehead atoms. The normalized spacial score (nSPS) is 11.6. The summed E-state index contributed by atoms with van der Waals surface area (Å²) in [6.07, 6.45) is 0.835. The van der Waals surface area contributed by atoms with E-state index in [4.69, 9.17) is 16.0 Å². The molecule has 0 fully saturated rings. The van der Waals surface area contributed by atoms with Gasteiger partial charge in [0.25, 0.3) is 0 Å². The fraction of sp³-hybridized carbons (Fsp3) is 0.417. The lowest BCUT2D eigenvalue weighted by molar-refractivity contribution is 0.482. The molecule has 0 radical (unpaired) electrons. The lowest BCUT2D eigenvalue weighted by Gasteiger charge is -1.98. The van der Waals surface area contributed by atoms with Gasteiger partial charge in [-0.1, -0.05) is 41.4 Å². The number of aromatic nitrogens is 1. The molecular weight excluding hydrogens is 289 g/mol. The van der Waals surface area contributed by atoms with Gasteiger partial charge in [-0.15, -0.1) is 0 Å². The standard InChI is InChI=1S/C12H13BrClNO/c1-6(2)4-10-15-11-7(3)8(13)5-9(14)12(11)16-10/h5-6H,4H2,1-3H3. The molecule has 0 spiro atoms. The Morgan fingerprint density at radius 2 is 2.19 bits per heavy atom. The predicted octanol–water partition coefficient (Wildman–Crippen LogP) is 4.75. The molecule has 4 heteroatoms. The third-order valence-electron chi connectivity index (χ3n) is 2.44. The third-order valence-corrected chi connectivity index (χ3v) is 3.54. The second kappa shape index (κ2) is 4.38. The van der Waals surface area contributed by atoms with E-state index in [2.05, 4.69) is 34.8 Å². The van der Waals surface area contributed by atoms with E-state index in [0.717, 1.165) is 27.9 Å². The van der Waals surface area contributed by atoms with Crippen LogP contribution in [0.25, 0.3) is 11.1 Å². The Morgan fingerprint density at radius 1 is 1.50 bits per heavy atom. The van der Waals surface area contributed by atoms with E-state index >= 15 is 0 Å². The first-order valence-corrected chi connectivity index (χ1v) is 6.40. The molecule has 16 heavy (non-hydrogen) atoms. The maximum atomic E-state index is 6.12. The minimum Gasteiger partial charge on any atom is -0.439 e.